The molecule has 2 aromatic carbocycles. The van der Waals surface area contributed by atoms with Gasteiger partial charge in [0, 0.05) is 19.1 Å². The maximum atomic E-state index is 11.2. The maximum absolute atomic E-state index is 11.2. The number of carbonyl (C=O) groups excluding carboxylic acids is 1. The van der Waals surface area contributed by atoms with Crippen LogP contribution in [0.5, 0.6) is 0 Å². The fraction of sp³-hybridized carbons (Fsp3) is 0.300. The minimum atomic E-state index is -0.351. The van der Waals surface area contributed by atoms with Gasteiger partial charge in [0.05, 0.1) is 17.3 Å². The van der Waals surface area contributed by atoms with Crippen LogP contribution in [0, 0.1) is 11.3 Å². The summed E-state index contributed by atoms with van der Waals surface area (Å²) in [5, 5.41) is 12.7. The minimum Gasteiger partial charge on any atom is -0.369 e. The van der Waals surface area contributed by atoms with Crippen LogP contribution in [0.2, 0.25) is 0 Å². The van der Waals surface area contributed by atoms with Gasteiger partial charge in [-0.05, 0) is 36.6 Å². The number of primary amides is 1. The van der Waals surface area contributed by atoms with Crippen molar-refractivity contribution in [1.29, 1.82) is 5.26 Å². The molecule has 3 N–H and O–H groups in total. The summed E-state index contributed by atoms with van der Waals surface area (Å²) in [5.74, 6) is -0.345. The van der Waals surface area contributed by atoms with E-state index in [4.69, 9.17) is 5.73 Å². The molecule has 2 aromatic rings. The monoisotopic (exact) mass is 334 g/mol. The first kappa shape index (κ1) is 17.0. The number of nitrogens with zero attached hydrogens (tertiary/aromatic N) is 2. The fourth-order valence-electron chi connectivity index (χ4n) is 3.25. The van der Waals surface area contributed by atoms with E-state index in [1.165, 1.54) is 0 Å². The number of nitrogens with one attached hydrogen (secondary N) is 1. The van der Waals surface area contributed by atoms with E-state index in [2.05, 4.69) is 34.5 Å². The number of hydrogen-bond acceptors (Lipinski definition) is 4. The maximum Gasteiger partial charge on any atom is 0.234 e. The molecule has 0 bridgehead atoms. The molecule has 1 heterocycles. The van der Waals surface area contributed by atoms with E-state index >= 15 is 0 Å². The number of benzene rings is 2. The molecule has 0 spiro atoms. The Morgan fingerprint density at radius 2 is 2.04 bits per heavy atom. The summed E-state index contributed by atoms with van der Waals surface area (Å²) in [7, 11) is 0. The van der Waals surface area contributed by atoms with E-state index in [0.717, 1.165) is 36.3 Å². The van der Waals surface area contributed by atoms with Gasteiger partial charge in [0.25, 0.3) is 0 Å². The van der Waals surface area contributed by atoms with Crippen LogP contribution in [0.25, 0.3) is 11.1 Å². The summed E-state index contributed by atoms with van der Waals surface area (Å²) in [6.07, 6.45) is 0.915. The highest BCUT2D eigenvalue weighted by molar-refractivity contribution is 5.79. The molecular formula is C20H22N4O. The molecule has 1 saturated heterocycles. The van der Waals surface area contributed by atoms with Crippen LogP contribution in [-0.4, -0.2) is 31.1 Å². The molecule has 1 amide bonds. The van der Waals surface area contributed by atoms with Crippen LogP contribution in [0.1, 0.15) is 18.9 Å². The number of nitrogens with two attached hydrogens (primary N) is 1. The SMILES string of the molecule is C[C@H](N[C@H]1CCN(c2cc(-c3ccccc3)ccc2C#N)C1)C(N)=O. The molecule has 5 nitrogen and oxygen atoms in total. The Labute approximate surface area is 148 Å². The van der Waals surface area contributed by atoms with Crippen LogP contribution < -0.4 is 16.0 Å². The van der Waals surface area contributed by atoms with Gasteiger partial charge >= 0.3 is 0 Å². The molecule has 128 valence electrons. The average Bonchev–Trinajstić information content (AvgIpc) is 3.10. The third-order valence-corrected chi connectivity index (χ3v) is 4.67. The first-order chi connectivity index (χ1) is 12.1. The number of carbonyl (C=O) groups is 1. The molecule has 0 aromatic heterocycles. The van der Waals surface area contributed by atoms with Crippen LogP contribution in [0.15, 0.2) is 48.5 Å². The number of anilines is 1. The predicted molar refractivity (Wildman–Crippen MR) is 99.0 cm³/mol. The van der Waals surface area contributed by atoms with Crippen LogP contribution in [0.4, 0.5) is 5.69 Å². The Morgan fingerprint density at radius 3 is 2.72 bits per heavy atom. The lowest BCUT2D eigenvalue weighted by atomic mass is 10.0. The molecule has 1 aliphatic rings. The van der Waals surface area contributed by atoms with Gasteiger partial charge in [0.15, 0.2) is 0 Å². The highest BCUT2D eigenvalue weighted by Crippen LogP contribution is 2.30. The normalized spacial score (nSPS) is 17.9. The van der Waals surface area contributed by atoms with E-state index in [1.807, 2.05) is 30.3 Å². The second kappa shape index (κ2) is 7.37. The van der Waals surface area contributed by atoms with E-state index in [9.17, 15) is 10.1 Å². The molecule has 1 fully saturated rings. The Morgan fingerprint density at radius 1 is 1.28 bits per heavy atom. The summed E-state index contributed by atoms with van der Waals surface area (Å²) in [6.45, 7) is 3.38. The molecule has 0 unspecified atom stereocenters. The van der Waals surface area contributed by atoms with E-state index < -0.39 is 0 Å². The molecule has 0 saturated carbocycles. The molecule has 5 heteroatoms. The van der Waals surface area contributed by atoms with Crippen molar-refractivity contribution in [2.24, 2.45) is 5.73 Å². The van der Waals surface area contributed by atoms with Crippen molar-refractivity contribution >= 4 is 11.6 Å². The van der Waals surface area contributed by atoms with Crippen molar-refractivity contribution in [3.05, 3.63) is 54.1 Å². The predicted octanol–water partition coefficient (Wildman–Crippen LogP) is 2.27. The smallest absolute Gasteiger partial charge is 0.234 e. The fourth-order valence-corrected chi connectivity index (χ4v) is 3.25. The van der Waals surface area contributed by atoms with Gasteiger partial charge < -0.3 is 16.0 Å². The van der Waals surface area contributed by atoms with E-state index in [0.29, 0.717) is 5.56 Å². The van der Waals surface area contributed by atoms with Crippen molar-refractivity contribution in [2.75, 3.05) is 18.0 Å². The van der Waals surface area contributed by atoms with Gasteiger partial charge in [0.2, 0.25) is 5.91 Å². The van der Waals surface area contributed by atoms with Crippen molar-refractivity contribution in [1.82, 2.24) is 5.32 Å². The standard InChI is InChI=1S/C20H22N4O/c1-14(20(22)25)23-18-9-10-24(13-18)19-11-16(7-8-17(19)12-21)15-5-3-2-4-6-15/h2-8,11,14,18,23H,9-10,13H2,1H3,(H2,22,25)/t14-,18-/m0/s1. The zero-order chi connectivity index (χ0) is 17.8. The van der Waals surface area contributed by atoms with Gasteiger partial charge in [-0.3, -0.25) is 4.79 Å². The van der Waals surface area contributed by atoms with Gasteiger partial charge in [-0.25, -0.2) is 0 Å². The van der Waals surface area contributed by atoms with Crippen molar-refractivity contribution in [3.8, 4) is 17.2 Å². The second-order valence-electron chi connectivity index (χ2n) is 6.43. The Balaban J connectivity index is 1.82. The number of hydrogen-bond donors (Lipinski definition) is 2. The van der Waals surface area contributed by atoms with Gasteiger partial charge in [-0.15, -0.1) is 0 Å². The number of amides is 1. The Bertz CT molecular complexity index is 797. The van der Waals surface area contributed by atoms with Crippen molar-refractivity contribution in [3.63, 3.8) is 0 Å². The lowest BCUT2D eigenvalue weighted by molar-refractivity contribution is -0.119. The lowest BCUT2D eigenvalue weighted by Crippen LogP contribution is -2.45. The first-order valence-corrected chi connectivity index (χ1v) is 8.48. The van der Waals surface area contributed by atoms with Gasteiger partial charge in [-0.2, -0.15) is 5.26 Å². The lowest BCUT2D eigenvalue weighted by Gasteiger charge is -2.22. The van der Waals surface area contributed by atoms with E-state index in [-0.39, 0.29) is 18.0 Å². The van der Waals surface area contributed by atoms with E-state index in [1.54, 1.807) is 6.92 Å². The number of nitriles is 1. The summed E-state index contributed by atoms with van der Waals surface area (Å²) < 4.78 is 0. The quantitative estimate of drug-likeness (QED) is 0.879. The van der Waals surface area contributed by atoms with Gasteiger partial charge in [0.1, 0.15) is 6.07 Å². The van der Waals surface area contributed by atoms with Crippen molar-refractivity contribution < 1.29 is 4.79 Å². The summed E-state index contributed by atoms with van der Waals surface area (Å²) in [4.78, 5) is 13.4. The second-order valence-corrected chi connectivity index (χ2v) is 6.43. The zero-order valence-corrected chi connectivity index (χ0v) is 14.3. The molecule has 0 radical (unpaired) electrons. The Kier molecular flexibility index (Phi) is 5.01. The topological polar surface area (TPSA) is 82.2 Å². The van der Waals surface area contributed by atoms with Gasteiger partial charge in [-0.1, -0.05) is 36.4 Å². The first-order valence-electron chi connectivity index (χ1n) is 8.48. The summed E-state index contributed by atoms with van der Waals surface area (Å²) >= 11 is 0. The third-order valence-electron chi connectivity index (χ3n) is 4.67. The molecule has 25 heavy (non-hydrogen) atoms. The molecule has 1 aliphatic heterocycles. The molecular weight excluding hydrogens is 312 g/mol. The molecule has 3 rings (SSSR count). The highest BCUT2D eigenvalue weighted by Gasteiger charge is 2.26. The van der Waals surface area contributed by atoms with Crippen LogP contribution in [-0.2, 0) is 4.79 Å². The average molecular weight is 334 g/mol. The van der Waals surface area contributed by atoms with Crippen molar-refractivity contribution in [2.45, 2.75) is 25.4 Å². The summed E-state index contributed by atoms with van der Waals surface area (Å²) in [5.41, 5.74) is 9.17. The molecule has 0 aliphatic carbocycles. The Hall–Kier alpha value is -2.84. The van der Waals surface area contributed by atoms with Crippen LogP contribution in [0.3, 0.4) is 0 Å². The largest absolute Gasteiger partial charge is 0.369 e. The summed E-state index contributed by atoms with van der Waals surface area (Å²) in [6, 6.07) is 18.2. The highest BCUT2D eigenvalue weighted by atomic mass is 16.1. The third kappa shape index (κ3) is 3.81. The zero-order valence-electron chi connectivity index (χ0n) is 14.3. The minimum absolute atomic E-state index is 0.189. The van der Waals surface area contributed by atoms with Crippen LogP contribution >= 0.6 is 0 Å². The molecule has 2 atom stereocenters. The number of rotatable bonds is 5.